The van der Waals surface area contributed by atoms with Crippen molar-refractivity contribution < 1.29 is 14.0 Å². The molecule has 3 aromatic rings. The van der Waals surface area contributed by atoms with Gasteiger partial charge in [0.25, 0.3) is 0 Å². The van der Waals surface area contributed by atoms with E-state index in [1.807, 2.05) is 12.1 Å². The second-order valence-corrected chi connectivity index (χ2v) is 12.6. The molecule has 3 fully saturated rings. The van der Waals surface area contributed by atoms with Gasteiger partial charge in [-0.1, -0.05) is 46.7 Å². The van der Waals surface area contributed by atoms with E-state index in [4.69, 9.17) is 23.2 Å². The number of carbonyl (C=O) groups excluding carboxylic acids is 2. The van der Waals surface area contributed by atoms with Crippen LogP contribution in [0.3, 0.4) is 0 Å². The first kappa shape index (κ1) is 22.1. The monoisotopic (exact) mass is 546 g/mol. The minimum absolute atomic E-state index is 0.00101. The van der Waals surface area contributed by atoms with Crippen molar-refractivity contribution in [3.05, 3.63) is 78.4 Å². The smallest absolute Gasteiger partial charge is 0.305 e. The van der Waals surface area contributed by atoms with Gasteiger partial charge < -0.3 is 4.98 Å². The maximum Gasteiger partial charge on any atom is 0.305 e. The second-order valence-electron chi connectivity index (χ2n) is 9.59. The topological polar surface area (TPSA) is 70.2 Å². The summed E-state index contributed by atoms with van der Waals surface area (Å²) in [7, 11) is 0. The van der Waals surface area contributed by atoms with Gasteiger partial charge in [-0.05, 0) is 60.1 Å². The molecule has 2 aliphatic carbocycles. The lowest BCUT2D eigenvalue weighted by atomic mass is 9.68. The average molecular weight is 547 g/mol. The minimum atomic E-state index is -0.433. The van der Waals surface area contributed by atoms with Crippen molar-refractivity contribution in [2.75, 3.05) is 4.90 Å². The van der Waals surface area contributed by atoms with Crippen LogP contribution in [0.2, 0.25) is 10.0 Å². The molecule has 10 heteroatoms. The predicted molar refractivity (Wildman–Crippen MR) is 134 cm³/mol. The first-order chi connectivity index (χ1) is 16.8. The summed E-state index contributed by atoms with van der Waals surface area (Å²) >= 11 is 15.9. The van der Waals surface area contributed by atoms with Crippen LogP contribution in [-0.4, -0.2) is 22.0 Å². The number of aromatic amines is 1. The van der Waals surface area contributed by atoms with E-state index in [1.165, 1.54) is 40.5 Å². The lowest BCUT2D eigenvalue weighted by molar-refractivity contribution is -0.123. The van der Waals surface area contributed by atoms with Crippen LogP contribution >= 0.6 is 46.3 Å². The van der Waals surface area contributed by atoms with Crippen molar-refractivity contribution in [2.45, 2.75) is 22.6 Å². The lowest BCUT2D eigenvalue weighted by Crippen LogP contribution is -2.42. The number of carbonyl (C=O) groups is 2. The van der Waals surface area contributed by atoms with Crippen molar-refractivity contribution >= 4 is 63.8 Å². The molecule has 7 rings (SSSR count). The van der Waals surface area contributed by atoms with E-state index in [9.17, 15) is 18.8 Å². The molecule has 1 saturated heterocycles. The number of benzene rings is 2. The van der Waals surface area contributed by atoms with Gasteiger partial charge >= 0.3 is 4.87 Å². The van der Waals surface area contributed by atoms with Crippen molar-refractivity contribution in [1.82, 2.24) is 4.98 Å². The number of rotatable bonds is 2. The molecule has 2 bridgehead atoms. The minimum Gasteiger partial charge on any atom is -0.307 e. The second kappa shape index (κ2) is 7.68. The number of anilines is 1. The summed E-state index contributed by atoms with van der Waals surface area (Å²) in [5.41, 5.74) is 1.26. The zero-order valence-electron chi connectivity index (χ0n) is 17.9. The van der Waals surface area contributed by atoms with Gasteiger partial charge in [-0.25, -0.2) is 4.39 Å². The fourth-order valence-electron chi connectivity index (χ4n) is 6.97. The number of thiazole rings is 1. The molecule has 2 aromatic carbocycles. The molecule has 35 heavy (non-hydrogen) atoms. The molecule has 0 radical (unpaired) electrons. The van der Waals surface area contributed by atoms with Gasteiger partial charge in [0.05, 0.1) is 32.6 Å². The summed E-state index contributed by atoms with van der Waals surface area (Å²) in [5.74, 6) is -1.88. The lowest BCUT2D eigenvalue weighted by Gasteiger charge is -2.43. The molecular formula is C25H17Cl2FN2O3S2. The number of amides is 2. The maximum absolute atomic E-state index is 13.7. The van der Waals surface area contributed by atoms with E-state index in [2.05, 4.69) is 4.98 Å². The molecule has 2 aliphatic heterocycles. The van der Waals surface area contributed by atoms with E-state index in [0.29, 0.717) is 15.7 Å². The van der Waals surface area contributed by atoms with Crippen LogP contribution in [0.25, 0.3) is 0 Å². The molecule has 2 saturated carbocycles. The number of H-pyrrole nitrogens is 1. The SMILES string of the molecule is O=C1C2C3CC(C2C(=O)N1c1ccc(F)cc1)C1C(c2cccc(Cl)c2Cl)c2sc(=O)[nH]c2SC31. The summed E-state index contributed by atoms with van der Waals surface area (Å²) < 4.78 is 13.5. The van der Waals surface area contributed by atoms with Gasteiger partial charge in [-0.2, -0.15) is 0 Å². The third kappa shape index (κ3) is 2.97. The molecule has 7 atom stereocenters. The van der Waals surface area contributed by atoms with Gasteiger partial charge in [0.1, 0.15) is 5.82 Å². The van der Waals surface area contributed by atoms with E-state index < -0.39 is 17.7 Å². The molecule has 1 N–H and O–H groups in total. The predicted octanol–water partition coefficient (Wildman–Crippen LogP) is 5.56. The summed E-state index contributed by atoms with van der Waals surface area (Å²) in [6, 6.07) is 11.0. The summed E-state index contributed by atoms with van der Waals surface area (Å²) in [4.78, 5) is 44.6. The molecule has 1 aromatic heterocycles. The highest BCUT2D eigenvalue weighted by Crippen LogP contribution is 2.69. The molecule has 5 nitrogen and oxygen atoms in total. The van der Waals surface area contributed by atoms with Crippen LogP contribution < -0.4 is 9.77 Å². The van der Waals surface area contributed by atoms with Crippen LogP contribution in [0.15, 0.2) is 52.3 Å². The van der Waals surface area contributed by atoms with Gasteiger partial charge in [0.2, 0.25) is 11.8 Å². The summed E-state index contributed by atoms with van der Waals surface area (Å²) in [6.45, 7) is 0. The number of halogens is 3. The van der Waals surface area contributed by atoms with Crippen LogP contribution in [0.5, 0.6) is 0 Å². The van der Waals surface area contributed by atoms with Gasteiger partial charge in [-0.3, -0.25) is 19.3 Å². The van der Waals surface area contributed by atoms with Crippen molar-refractivity contribution in [2.24, 2.45) is 29.6 Å². The van der Waals surface area contributed by atoms with Crippen molar-refractivity contribution in [3.8, 4) is 0 Å². The highest BCUT2D eigenvalue weighted by Gasteiger charge is 2.69. The summed E-state index contributed by atoms with van der Waals surface area (Å²) in [5, 5.41) is 1.78. The van der Waals surface area contributed by atoms with Crippen LogP contribution in [0, 0.1) is 35.4 Å². The largest absolute Gasteiger partial charge is 0.307 e. The maximum atomic E-state index is 13.7. The number of fused-ring (bicyclic) bond motifs is 9. The Hall–Kier alpha value is -2.13. The standard InChI is InChI=1S/C25H17Cl2FN2O3S2/c26-14-3-1-2-11(19(14)27)15-16-12-8-13(20(16)34-22-21(15)35-25(33)29-22)18-17(12)23(31)30(24(18)32)10-6-4-9(28)5-7-10/h1-7,12-13,15-18,20H,8H2,(H,29,33). The first-order valence-corrected chi connectivity index (χ1v) is 13.8. The number of nitrogens with zero attached hydrogens (tertiary/aromatic N) is 1. The quantitative estimate of drug-likeness (QED) is 0.427. The van der Waals surface area contributed by atoms with Crippen molar-refractivity contribution in [3.63, 3.8) is 0 Å². The molecule has 178 valence electrons. The Morgan fingerprint density at radius 2 is 1.69 bits per heavy atom. The zero-order valence-corrected chi connectivity index (χ0v) is 21.1. The Labute approximate surface area is 217 Å². The van der Waals surface area contributed by atoms with Gasteiger partial charge in [0, 0.05) is 16.0 Å². The first-order valence-electron chi connectivity index (χ1n) is 11.3. The van der Waals surface area contributed by atoms with Crippen LogP contribution in [0.4, 0.5) is 10.1 Å². The van der Waals surface area contributed by atoms with Gasteiger partial charge in [-0.15, -0.1) is 11.8 Å². The Bertz CT molecular complexity index is 1470. The Morgan fingerprint density at radius 1 is 0.971 bits per heavy atom. The summed E-state index contributed by atoms with van der Waals surface area (Å²) in [6.07, 6.45) is 0.778. The van der Waals surface area contributed by atoms with Crippen LogP contribution in [-0.2, 0) is 9.59 Å². The molecule has 2 amide bonds. The Balaban J connectivity index is 1.35. The average Bonchev–Trinajstić information content (AvgIpc) is 3.56. The number of aromatic nitrogens is 1. The number of nitrogens with one attached hydrogen (secondary N) is 1. The number of imide groups is 1. The van der Waals surface area contributed by atoms with E-state index in [0.717, 1.165) is 21.9 Å². The molecule has 0 spiro atoms. The normalized spacial score (nSPS) is 32.7. The third-order valence-electron chi connectivity index (χ3n) is 8.13. The molecular weight excluding hydrogens is 530 g/mol. The zero-order chi connectivity index (χ0) is 24.2. The fraction of sp³-hybridized carbons (Fsp3) is 0.320. The fourth-order valence-corrected chi connectivity index (χ4v) is 10.3. The number of thioether (sulfide) groups is 1. The third-order valence-corrected chi connectivity index (χ3v) is 11.5. The van der Waals surface area contributed by atoms with E-state index in [-0.39, 0.29) is 45.6 Å². The van der Waals surface area contributed by atoms with E-state index >= 15 is 0 Å². The highest BCUT2D eigenvalue weighted by molar-refractivity contribution is 8.00. The number of hydrogen-bond donors (Lipinski definition) is 1. The van der Waals surface area contributed by atoms with Crippen LogP contribution in [0.1, 0.15) is 22.8 Å². The Morgan fingerprint density at radius 3 is 2.43 bits per heavy atom. The molecule has 7 unspecified atom stereocenters. The Kier molecular flexibility index (Phi) is 4.85. The van der Waals surface area contributed by atoms with Crippen molar-refractivity contribution in [1.29, 1.82) is 0 Å². The van der Waals surface area contributed by atoms with Gasteiger partial charge in [0.15, 0.2) is 0 Å². The number of hydrogen-bond acceptors (Lipinski definition) is 5. The molecule has 3 heterocycles. The molecule has 4 aliphatic rings. The highest BCUT2D eigenvalue weighted by atomic mass is 35.5. The van der Waals surface area contributed by atoms with E-state index in [1.54, 1.807) is 17.8 Å².